The van der Waals surface area contributed by atoms with Crippen LogP contribution in [0.1, 0.15) is 5.76 Å². The van der Waals surface area contributed by atoms with E-state index in [1.54, 1.807) is 6.26 Å². The van der Waals surface area contributed by atoms with Crippen molar-refractivity contribution in [3.8, 4) is 0 Å². The smallest absolute Gasteiger partial charge is 0.225 e. The summed E-state index contributed by atoms with van der Waals surface area (Å²) in [5, 5.41) is 6.39. The molecule has 0 spiro atoms. The fourth-order valence-electron chi connectivity index (χ4n) is 1.55. The van der Waals surface area contributed by atoms with Crippen molar-refractivity contribution in [2.45, 2.75) is 6.54 Å². The normalized spacial score (nSPS) is 10.9. The maximum absolute atomic E-state index is 5.86. The number of hydrogen-bond acceptors (Lipinski definition) is 5. The number of rotatable bonds is 3. The Kier molecular flexibility index (Phi) is 2.70. The summed E-state index contributed by atoms with van der Waals surface area (Å²) in [4.78, 5) is 9.21. The Morgan fingerprint density at radius 1 is 1.35 bits per heavy atom. The Hall–Kier alpha value is -1.59. The van der Waals surface area contributed by atoms with Crippen molar-refractivity contribution in [1.29, 1.82) is 0 Å². The molecule has 0 unspecified atom stereocenters. The van der Waals surface area contributed by atoms with Gasteiger partial charge in [-0.15, -0.1) is 11.3 Å². The van der Waals surface area contributed by atoms with Crippen LogP contribution in [0.3, 0.4) is 0 Å². The maximum Gasteiger partial charge on any atom is 0.225 e. The zero-order valence-corrected chi connectivity index (χ0v) is 10.3. The van der Waals surface area contributed by atoms with E-state index in [0.29, 0.717) is 6.54 Å². The fraction of sp³-hybridized carbons (Fsp3) is 0.0909. The number of hydrogen-bond donors (Lipinski definition) is 1. The first kappa shape index (κ1) is 10.6. The van der Waals surface area contributed by atoms with Crippen LogP contribution in [-0.2, 0) is 6.54 Å². The summed E-state index contributed by atoms with van der Waals surface area (Å²) >= 11 is 7.40. The number of nitrogens with one attached hydrogen (secondary N) is 1. The second-order valence-electron chi connectivity index (χ2n) is 3.41. The standard InChI is InChI=1S/C11H8ClN3OS/c12-11-14-9(8-3-5-17-10(8)15-11)13-6-7-2-1-4-16-7/h1-5H,6H2,(H,13,14,15). The lowest BCUT2D eigenvalue weighted by atomic mass is 10.3. The zero-order valence-electron chi connectivity index (χ0n) is 8.68. The van der Waals surface area contributed by atoms with Gasteiger partial charge in [0, 0.05) is 0 Å². The van der Waals surface area contributed by atoms with Crippen LogP contribution in [-0.4, -0.2) is 9.97 Å². The lowest BCUT2D eigenvalue weighted by Crippen LogP contribution is -2.01. The molecule has 4 nitrogen and oxygen atoms in total. The van der Waals surface area contributed by atoms with Gasteiger partial charge in [-0.1, -0.05) is 0 Å². The minimum Gasteiger partial charge on any atom is -0.467 e. The number of aromatic nitrogens is 2. The molecule has 3 aromatic heterocycles. The van der Waals surface area contributed by atoms with Crippen LogP contribution >= 0.6 is 22.9 Å². The highest BCUT2D eigenvalue weighted by Crippen LogP contribution is 2.26. The molecule has 0 aromatic carbocycles. The first-order valence-electron chi connectivity index (χ1n) is 5.00. The minimum atomic E-state index is 0.252. The van der Waals surface area contributed by atoms with Gasteiger partial charge in [0.05, 0.1) is 18.2 Å². The van der Waals surface area contributed by atoms with Crippen LogP contribution in [0.25, 0.3) is 10.2 Å². The number of fused-ring (bicyclic) bond motifs is 1. The monoisotopic (exact) mass is 265 g/mol. The summed E-state index contributed by atoms with van der Waals surface area (Å²) < 4.78 is 5.24. The molecule has 1 N–H and O–H groups in total. The largest absolute Gasteiger partial charge is 0.467 e. The summed E-state index contributed by atoms with van der Waals surface area (Å²) in [6, 6.07) is 5.73. The molecule has 0 aliphatic rings. The molecule has 0 bridgehead atoms. The Morgan fingerprint density at radius 2 is 2.29 bits per heavy atom. The first-order chi connectivity index (χ1) is 8.33. The lowest BCUT2D eigenvalue weighted by molar-refractivity contribution is 0.518. The first-order valence-corrected chi connectivity index (χ1v) is 6.26. The van der Waals surface area contributed by atoms with E-state index >= 15 is 0 Å². The van der Waals surface area contributed by atoms with Gasteiger partial charge < -0.3 is 9.73 Å². The number of furan rings is 1. The molecule has 0 saturated carbocycles. The van der Waals surface area contributed by atoms with Crippen LogP contribution in [0.15, 0.2) is 34.3 Å². The Labute approximate surface area is 106 Å². The second kappa shape index (κ2) is 4.35. The molecule has 6 heteroatoms. The van der Waals surface area contributed by atoms with E-state index in [-0.39, 0.29) is 5.28 Å². The Bertz CT molecular complexity index is 635. The van der Waals surface area contributed by atoms with Crippen molar-refractivity contribution in [2.75, 3.05) is 5.32 Å². The predicted octanol–water partition coefficient (Wildman–Crippen LogP) is 3.55. The van der Waals surface area contributed by atoms with Gasteiger partial charge in [-0.05, 0) is 35.2 Å². The van der Waals surface area contributed by atoms with Crippen LogP contribution in [0.2, 0.25) is 5.28 Å². The second-order valence-corrected chi connectivity index (χ2v) is 4.65. The Morgan fingerprint density at radius 3 is 3.12 bits per heavy atom. The molecule has 3 aromatic rings. The van der Waals surface area contributed by atoms with Crippen molar-refractivity contribution < 1.29 is 4.42 Å². The van der Waals surface area contributed by atoms with E-state index in [2.05, 4.69) is 15.3 Å². The third-order valence-electron chi connectivity index (χ3n) is 2.31. The summed E-state index contributed by atoms with van der Waals surface area (Å²) in [5.41, 5.74) is 0. The van der Waals surface area contributed by atoms with Gasteiger partial charge in [0.25, 0.3) is 0 Å². The van der Waals surface area contributed by atoms with Crippen molar-refractivity contribution in [3.63, 3.8) is 0 Å². The lowest BCUT2D eigenvalue weighted by Gasteiger charge is -2.04. The van der Waals surface area contributed by atoms with Crippen molar-refractivity contribution in [3.05, 3.63) is 40.9 Å². The van der Waals surface area contributed by atoms with Crippen molar-refractivity contribution >= 4 is 39.0 Å². The molecule has 0 radical (unpaired) electrons. The van der Waals surface area contributed by atoms with Gasteiger partial charge in [-0.3, -0.25) is 0 Å². The maximum atomic E-state index is 5.86. The van der Waals surface area contributed by atoms with Gasteiger partial charge in [-0.2, -0.15) is 0 Å². The molecule has 0 aliphatic carbocycles. The molecule has 3 rings (SSSR count). The third kappa shape index (κ3) is 2.11. The van der Waals surface area contributed by atoms with E-state index in [1.807, 2.05) is 23.6 Å². The van der Waals surface area contributed by atoms with Gasteiger partial charge in [0.15, 0.2) is 0 Å². The molecular formula is C11H8ClN3OS. The summed E-state index contributed by atoms with van der Waals surface area (Å²) in [6.45, 7) is 0.575. The van der Waals surface area contributed by atoms with Gasteiger partial charge in [0.1, 0.15) is 16.4 Å². The average molecular weight is 266 g/mol. The molecular weight excluding hydrogens is 258 g/mol. The number of anilines is 1. The molecule has 0 aliphatic heterocycles. The number of halogens is 1. The molecule has 0 amide bonds. The highest BCUT2D eigenvalue weighted by atomic mass is 35.5. The van der Waals surface area contributed by atoms with Crippen molar-refractivity contribution in [2.24, 2.45) is 0 Å². The molecule has 86 valence electrons. The fourth-order valence-corrected chi connectivity index (χ4v) is 2.53. The van der Waals surface area contributed by atoms with Crippen LogP contribution in [0.5, 0.6) is 0 Å². The van der Waals surface area contributed by atoms with Crippen molar-refractivity contribution in [1.82, 2.24) is 9.97 Å². The van der Waals surface area contributed by atoms with E-state index in [9.17, 15) is 0 Å². The zero-order chi connectivity index (χ0) is 11.7. The van der Waals surface area contributed by atoms with E-state index in [0.717, 1.165) is 21.8 Å². The predicted molar refractivity (Wildman–Crippen MR) is 68.5 cm³/mol. The highest BCUT2D eigenvalue weighted by molar-refractivity contribution is 7.16. The minimum absolute atomic E-state index is 0.252. The Balaban J connectivity index is 1.91. The van der Waals surface area contributed by atoms with Gasteiger partial charge >= 0.3 is 0 Å². The van der Waals surface area contributed by atoms with Gasteiger partial charge in [-0.25, -0.2) is 9.97 Å². The van der Waals surface area contributed by atoms with E-state index < -0.39 is 0 Å². The summed E-state index contributed by atoms with van der Waals surface area (Å²) in [7, 11) is 0. The van der Waals surface area contributed by atoms with E-state index in [4.69, 9.17) is 16.0 Å². The molecule has 17 heavy (non-hydrogen) atoms. The number of thiophene rings is 1. The summed E-state index contributed by atoms with van der Waals surface area (Å²) in [5.74, 6) is 1.58. The highest BCUT2D eigenvalue weighted by Gasteiger charge is 2.07. The number of nitrogens with zero attached hydrogens (tertiary/aromatic N) is 2. The van der Waals surface area contributed by atoms with Crippen LogP contribution < -0.4 is 5.32 Å². The molecule has 0 fully saturated rings. The van der Waals surface area contributed by atoms with Crippen LogP contribution in [0, 0.1) is 0 Å². The quantitative estimate of drug-likeness (QED) is 0.736. The molecule has 0 saturated heterocycles. The molecule has 0 atom stereocenters. The SMILES string of the molecule is Clc1nc(NCc2ccco2)c2ccsc2n1. The van der Waals surface area contributed by atoms with Gasteiger partial charge in [0.2, 0.25) is 5.28 Å². The van der Waals surface area contributed by atoms with E-state index in [1.165, 1.54) is 11.3 Å². The topological polar surface area (TPSA) is 51.0 Å². The third-order valence-corrected chi connectivity index (χ3v) is 3.28. The molecule has 3 heterocycles. The van der Waals surface area contributed by atoms with Crippen LogP contribution in [0.4, 0.5) is 5.82 Å². The summed E-state index contributed by atoms with van der Waals surface area (Å²) in [6.07, 6.45) is 1.64. The average Bonchev–Trinajstić information content (AvgIpc) is 2.95.